The summed E-state index contributed by atoms with van der Waals surface area (Å²) >= 11 is 18.7. The molecule has 0 aliphatic rings. The fourth-order valence-corrected chi connectivity index (χ4v) is 3.29. The zero-order chi connectivity index (χ0) is 13.1. The third-order valence-corrected chi connectivity index (χ3v) is 4.02. The van der Waals surface area contributed by atoms with Crippen LogP contribution in [0.4, 0.5) is 0 Å². The maximum atomic E-state index is 5.92. The van der Waals surface area contributed by atoms with Gasteiger partial charge < -0.3 is 4.74 Å². The van der Waals surface area contributed by atoms with Gasteiger partial charge in [-0.25, -0.2) is 0 Å². The largest absolute Gasteiger partial charge is 0.457 e. The normalized spacial score (nSPS) is 10.4. The average Bonchev–Trinajstić information content (AvgIpc) is 2.27. The minimum atomic E-state index is 0.550. The number of hydrogen-bond donors (Lipinski definition) is 0. The molecule has 0 atom stereocenters. The van der Waals surface area contributed by atoms with Gasteiger partial charge in [0.1, 0.15) is 11.5 Å². The molecule has 0 bridgehead atoms. The topological polar surface area (TPSA) is 9.23 Å². The number of hydrogen-bond acceptors (Lipinski definition) is 1. The third kappa shape index (κ3) is 3.64. The molecule has 18 heavy (non-hydrogen) atoms. The molecule has 1 nitrogen and oxygen atoms in total. The van der Waals surface area contributed by atoms with Crippen molar-refractivity contribution in [3.63, 3.8) is 0 Å². The van der Waals surface area contributed by atoms with Gasteiger partial charge in [-0.15, -0.1) is 0 Å². The molecule has 0 spiro atoms. The second kappa shape index (κ2) is 6.29. The summed E-state index contributed by atoms with van der Waals surface area (Å²) in [5.41, 5.74) is 1.16. The minimum absolute atomic E-state index is 0.550. The highest BCUT2D eigenvalue weighted by Gasteiger charge is 2.04. The van der Waals surface area contributed by atoms with Crippen molar-refractivity contribution in [1.82, 2.24) is 0 Å². The van der Waals surface area contributed by atoms with E-state index < -0.39 is 0 Å². The third-order valence-electron chi connectivity index (χ3n) is 2.24. The molecule has 2 aromatic rings. The van der Waals surface area contributed by atoms with Crippen molar-refractivity contribution < 1.29 is 4.74 Å². The van der Waals surface area contributed by atoms with Crippen LogP contribution in [-0.4, -0.2) is 0 Å². The van der Waals surface area contributed by atoms with Crippen LogP contribution in [0.3, 0.4) is 0 Å². The van der Waals surface area contributed by atoms with Crippen molar-refractivity contribution in [2.45, 2.75) is 5.33 Å². The van der Waals surface area contributed by atoms with Gasteiger partial charge in [0, 0.05) is 19.8 Å². The molecular formula is C13H8Br2Cl2O. The van der Waals surface area contributed by atoms with Gasteiger partial charge in [0.05, 0.1) is 0 Å². The number of ether oxygens (including phenoxy) is 1. The van der Waals surface area contributed by atoms with Gasteiger partial charge >= 0.3 is 0 Å². The Labute approximate surface area is 132 Å². The van der Waals surface area contributed by atoms with E-state index >= 15 is 0 Å². The molecule has 0 aliphatic carbocycles. The van der Waals surface area contributed by atoms with E-state index in [1.807, 2.05) is 18.2 Å². The van der Waals surface area contributed by atoms with Crippen LogP contribution in [0, 0.1) is 0 Å². The molecular weight excluding hydrogens is 403 g/mol. The molecule has 2 rings (SSSR count). The number of rotatable bonds is 3. The second-order valence-electron chi connectivity index (χ2n) is 3.59. The molecule has 2 aromatic carbocycles. The number of halogens is 4. The Kier molecular flexibility index (Phi) is 4.96. The first-order valence-electron chi connectivity index (χ1n) is 5.07. The van der Waals surface area contributed by atoms with Gasteiger partial charge in [-0.2, -0.15) is 0 Å². The zero-order valence-electron chi connectivity index (χ0n) is 9.09. The summed E-state index contributed by atoms with van der Waals surface area (Å²) in [5.74, 6) is 1.34. The first kappa shape index (κ1) is 14.2. The monoisotopic (exact) mass is 408 g/mol. The highest BCUT2D eigenvalue weighted by Crippen LogP contribution is 2.31. The van der Waals surface area contributed by atoms with Crippen molar-refractivity contribution in [2.75, 3.05) is 0 Å². The standard InChI is InChI=1S/C13H8Br2Cl2O/c14-7-8-1-2-11(6-13(8)15)18-12-4-9(16)3-10(17)5-12/h1-6H,7H2. The van der Waals surface area contributed by atoms with E-state index in [0.29, 0.717) is 15.8 Å². The molecule has 0 aromatic heterocycles. The van der Waals surface area contributed by atoms with Crippen LogP contribution in [0.15, 0.2) is 40.9 Å². The molecule has 0 N–H and O–H groups in total. The van der Waals surface area contributed by atoms with Gasteiger partial charge in [0.25, 0.3) is 0 Å². The first-order valence-corrected chi connectivity index (χ1v) is 7.74. The van der Waals surface area contributed by atoms with E-state index in [1.54, 1.807) is 18.2 Å². The molecule has 0 saturated heterocycles. The van der Waals surface area contributed by atoms with Crippen LogP contribution in [-0.2, 0) is 5.33 Å². The highest BCUT2D eigenvalue weighted by molar-refractivity contribution is 9.10. The fraction of sp³-hybridized carbons (Fsp3) is 0.0769. The van der Waals surface area contributed by atoms with Crippen molar-refractivity contribution >= 4 is 55.1 Å². The number of benzene rings is 2. The quantitative estimate of drug-likeness (QED) is 0.529. The van der Waals surface area contributed by atoms with Gasteiger partial charge in [0.15, 0.2) is 0 Å². The average molecular weight is 411 g/mol. The Balaban J connectivity index is 2.25. The molecule has 0 fully saturated rings. The van der Waals surface area contributed by atoms with E-state index in [9.17, 15) is 0 Å². The van der Waals surface area contributed by atoms with Crippen molar-refractivity contribution in [3.05, 3.63) is 56.5 Å². The smallest absolute Gasteiger partial charge is 0.130 e. The summed E-state index contributed by atoms with van der Waals surface area (Å²) < 4.78 is 6.70. The SMILES string of the molecule is Clc1cc(Cl)cc(Oc2ccc(CBr)c(Br)c2)c1. The van der Waals surface area contributed by atoms with E-state index in [1.165, 1.54) is 0 Å². The van der Waals surface area contributed by atoms with Crippen molar-refractivity contribution in [2.24, 2.45) is 0 Å². The van der Waals surface area contributed by atoms with E-state index in [0.717, 1.165) is 21.1 Å². The summed E-state index contributed by atoms with van der Waals surface area (Å²) in [6, 6.07) is 10.9. The predicted molar refractivity (Wildman–Crippen MR) is 83.3 cm³/mol. The summed E-state index contributed by atoms with van der Waals surface area (Å²) in [4.78, 5) is 0. The van der Waals surface area contributed by atoms with Crippen LogP contribution in [0.5, 0.6) is 11.5 Å². The van der Waals surface area contributed by atoms with Crippen LogP contribution < -0.4 is 4.74 Å². The van der Waals surface area contributed by atoms with Crippen molar-refractivity contribution in [3.8, 4) is 11.5 Å². The summed E-state index contributed by atoms with van der Waals surface area (Å²) in [7, 11) is 0. The van der Waals surface area contributed by atoms with Gasteiger partial charge in [-0.3, -0.25) is 0 Å². The van der Waals surface area contributed by atoms with E-state index in [2.05, 4.69) is 31.9 Å². The maximum absolute atomic E-state index is 5.92. The zero-order valence-corrected chi connectivity index (χ0v) is 13.8. The predicted octanol–water partition coefficient (Wildman–Crippen LogP) is 6.44. The van der Waals surface area contributed by atoms with Crippen LogP contribution in [0.2, 0.25) is 10.0 Å². The molecule has 0 unspecified atom stereocenters. The van der Waals surface area contributed by atoms with Crippen LogP contribution >= 0.6 is 55.1 Å². The lowest BCUT2D eigenvalue weighted by atomic mass is 10.2. The molecule has 0 radical (unpaired) electrons. The van der Waals surface area contributed by atoms with Gasteiger partial charge in [0.2, 0.25) is 0 Å². The van der Waals surface area contributed by atoms with Crippen LogP contribution in [0.25, 0.3) is 0 Å². The number of alkyl halides is 1. The van der Waals surface area contributed by atoms with Crippen molar-refractivity contribution in [1.29, 1.82) is 0 Å². The molecule has 94 valence electrons. The maximum Gasteiger partial charge on any atom is 0.130 e. The molecule has 0 amide bonds. The summed E-state index contributed by atoms with van der Waals surface area (Å²) in [5, 5.41) is 1.89. The molecule has 0 aliphatic heterocycles. The Hall–Kier alpha value is -0.220. The molecule has 0 saturated carbocycles. The Morgan fingerprint density at radius 1 is 0.944 bits per heavy atom. The van der Waals surface area contributed by atoms with E-state index in [-0.39, 0.29) is 0 Å². The molecule has 0 heterocycles. The highest BCUT2D eigenvalue weighted by atomic mass is 79.9. The summed E-state index contributed by atoms with van der Waals surface area (Å²) in [6.07, 6.45) is 0. The summed E-state index contributed by atoms with van der Waals surface area (Å²) in [6.45, 7) is 0. The van der Waals surface area contributed by atoms with Gasteiger partial charge in [-0.05, 0) is 35.9 Å². The van der Waals surface area contributed by atoms with Crippen LogP contribution in [0.1, 0.15) is 5.56 Å². The lowest BCUT2D eigenvalue weighted by Crippen LogP contribution is -1.87. The Morgan fingerprint density at radius 3 is 2.17 bits per heavy atom. The Morgan fingerprint density at radius 2 is 1.61 bits per heavy atom. The van der Waals surface area contributed by atoms with E-state index in [4.69, 9.17) is 27.9 Å². The lowest BCUT2D eigenvalue weighted by molar-refractivity contribution is 0.482. The fourth-order valence-electron chi connectivity index (χ4n) is 1.42. The minimum Gasteiger partial charge on any atom is -0.457 e. The Bertz CT molecular complexity index is 553. The first-order chi connectivity index (χ1) is 8.58. The molecule has 5 heteroatoms. The van der Waals surface area contributed by atoms with Gasteiger partial charge in [-0.1, -0.05) is 61.1 Å². The second-order valence-corrected chi connectivity index (χ2v) is 5.88. The lowest BCUT2D eigenvalue weighted by Gasteiger charge is -2.08.